The molecule has 0 unspecified atom stereocenters. The first-order valence-corrected chi connectivity index (χ1v) is 11.8. The van der Waals surface area contributed by atoms with Crippen molar-refractivity contribution in [1.29, 1.82) is 0 Å². The van der Waals surface area contributed by atoms with Gasteiger partial charge in [-0.2, -0.15) is 0 Å². The van der Waals surface area contributed by atoms with Crippen LogP contribution in [-0.4, -0.2) is 35.1 Å². The summed E-state index contributed by atoms with van der Waals surface area (Å²) in [5.41, 5.74) is 2.75. The molecule has 5 nitrogen and oxygen atoms in total. The first-order chi connectivity index (χ1) is 15.7. The lowest BCUT2D eigenvalue weighted by Crippen LogP contribution is -2.46. The molecule has 33 heavy (non-hydrogen) atoms. The molecular formula is C27H33FN2O3. The maximum Gasteiger partial charge on any atom is 0.407 e. The molecule has 0 radical (unpaired) electrons. The fourth-order valence-corrected chi connectivity index (χ4v) is 5.00. The van der Waals surface area contributed by atoms with Crippen LogP contribution in [0.5, 0.6) is 0 Å². The van der Waals surface area contributed by atoms with Crippen molar-refractivity contribution >= 4 is 12.0 Å². The molecule has 0 bridgehead atoms. The number of fused-ring (bicyclic) bond motifs is 1. The summed E-state index contributed by atoms with van der Waals surface area (Å²) in [5.74, 6) is -0.207. The van der Waals surface area contributed by atoms with Gasteiger partial charge in [-0.15, -0.1) is 0 Å². The van der Waals surface area contributed by atoms with E-state index < -0.39 is 11.7 Å². The summed E-state index contributed by atoms with van der Waals surface area (Å²) >= 11 is 0. The lowest BCUT2D eigenvalue weighted by Gasteiger charge is -2.41. The number of hydrogen-bond donors (Lipinski definition) is 1. The molecule has 0 spiro atoms. The highest BCUT2D eigenvalue weighted by molar-refractivity contribution is 5.80. The number of ether oxygens (including phenoxy) is 1. The van der Waals surface area contributed by atoms with Crippen LogP contribution in [0.4, 0.5) is 9.18 Å². The van der Waals surface area contributed by atoms with Crippen LogP contribution in [0.3, 0.4) is 0 Å². The van der Waals surface area contributed by atoms with E-state index in [1.54, 1.807) is 12.1 Å². The van der Waals surface area contributed by atoms with Gasteiger partial charge in [-0.1, -0.05) is 36.4 Å². The zero-order chi connectivity index (χ0) is 23.6. The van der Waals surface area contributed by atoms with Crippen LogP contribution in [0, 0.1) is 11.7 Å². The largest absolute Gasteiger partial charge is 0.444 e. The number of carbonyl (C=O) groups excluding carboxylic acids is 2. The molecule has 1 N–H and O–H groups in total. The van der Waals surface area contributed by atoms with Gasteiger partial charge in [0.05, 0.1) is 6.04 Å². The van der Waals surface area contributed by atoms with E-state index in [1.807, 2.05) is 37.8 Å². The second kappa shape index (κ2) is 9.54. The van der Waals surface area contributed by atoms with E-state index in [-0.39, 0.29) is 29.7 Å². The van der Waals surface area contributed by atoms with Gasteiger partial charge in [-0.25, -0.2) is 9.18 Å². The normalized spacial score (nSPS) is 22.9. The van der Waals surface area contributed by atoms with Gasteiger partial charge in [0.15, 0.2) is 0 Å². The number of amides is 2. The average Bonchev–Trinajstić information content (AvgIpc) is 2.78. The van der Waals surface area contributed by atoms with E-state index >= 15 is 0 Å². The average molecular weight is 453 g/mol. The Morgan fingerprint density at radius 2 is 1.67 bits per heavy atom. The Morgan fingerprint density at radius 1 is 1.00 bits per heavy atom. The van der Waals surface area contributed by atoms with Crippen molar-refractivity contribution in [3.63, 3.8) is 0 Å². The third kappa shape index (κ3) is 5.55. The van der Waals surface area contributed by atoms with E-state index in [4.69, 9.17) is 4.74 Å². The Balaban J connectivity index is 1.46. The van der Waals surface area contributed by atoms with Crippen molar-refractivity contribution in [1.82, 2.24) is 10.2 Å². The molecule has 0 saturated heterocycles. The minimum absolute atomic E-state index is 0.0267. The van der Waals surface area contributed by atoms with Gasteiger partial charge in [-0.05, 0) is 81.7 Å². The molecule has 2 aromatic carbocycles. The van der Waals surface area contributed by atoms with Gasteiger partial charge in [0.2, 0.25) is 5.91 Å². The Hall–Kier alpha value is -2.89. The quantitative estimate of drug-likeness (QED) is 0.680. The fourth-order valence-electron chi connectivity index (χ4n) is 5.00. The Morgan fingerprint density at radius 3 is 2.33 bits per heavy atom. The second-order valence-corrected chi connectivity index (χ2v) is 10.1. The zero-order valence-corrected chi connectivity index (χ0v) is 19.6. The summed E-state index contributed by atoms with van der Waals surface area (Å²) in [6.07, 6.45) is 3.38. The maximum absolute atomic E-state index is 13.7. The maximum atomic E-state index is 13.7. The molecule has 1 saturated carbocycles. The summed E-state index contributed by atoms with van der Waals surface area (Å²) in [6.45, 7) is 6.18. The van der Waals surface area contributed by atoms with Gasteiger partial charge in [0.1, 0.15) is 11.4 Å². The minimum atomic E-state index is -0.531. The van der Waals surface area contributed by atoms with Crippen LogP contribution < -0.4 is 5.32 Å². The SMILES string of the molecule is CC(C)(C)OC(=O)NC1CCC(C(=O)N2CCc3ccccc3[C@@H]2c2ccc(F)cc2)CC1. The second-order valence-electron chi connectivity index (χ2n) is 10.1. The highest BCUT2D eigenvalue weighted by Crippen LogP contribution is 2.38. The molecule has 2 aromatic rings. The monoisotopic (exact) mass is 452 g/mol. The van der Waals surface area contributed by atoms with Crippen LogP contribution in [0.1, 0.15) is 69.2 Å². The molecule has 4 rings (SSSR count). The highest BCUT2D eigenvalue weighted by atomic mass is 19.1. The van der Waals surface area contributed by atoms with Crippen LogP contribution in [0.15, 0.2) is 48.5 Å². The first-order valence-electron chi connectivity index (χ1n) is 11.8. The molecule has 1 aliphatic heterocycles. The van der Waals surface area contributed by atoms with Crippen LogP contribution in [0.25, 0.3) is 0 Å². The summed E-state index contributed by atoms with van der Waals surface area (Å²) in [6, 6.07) is 14.5. The van der Waals surface area contributed by atoms with Crippen LogP contribution in [0.2, 0.25) is 0 Å². The van der Waals surface area contributed by atoms with Crippen molar-refractivity contribution in [2.45, 2.75) is 70.6 Å². The molecular weight excluding hydrogens is 419 g/mol. The molecule has 2 amide bonds. The number of alkyl carbamates (subject to hydrolysis) is 1. The Bertz CT molecular complexity index is 991. The number of rotatable bonds is 3. The van der Waals surface area contributed by atoms with E-state index in [9.17, 15) is 14.0 Å². The number of nitrogens with one attached hydrogen (secondary N) is 1. The van der Waals surface area contributed by atoms with Crippen molar-refractivity contribution in [2.24, 2.45) is 5.92 Å². The summed E-state index contributed by atoms with van der Waals surface area (Å²) < 4.78 is 19.0. The van der Waals surface area contributed by atoms with Gasteiger partial charge in [0.25, 0.3) is 0 Å². The highest BCUT2D eigenvalue weighted by Gasteiger charge is 2.37. The van der Waals surface area contributed by atoms with Crippen LogP contribution >= 0.6 is 0 Å². The number of carbonyl (C=O) groups is 2. The Kier molecular flexibility index (Phi) is 6.73. The molecule has 176 valence electrons. The smallest absolute Gasteiger partial charge is 0.407 e. The van der Waals surface area contributed by atoms with Gasteiger partial charge >= 0.3 is 6.09 Å². The predicted molar refractivity (Wildman–Crippen MR) is 125 cm³/mol. The number of halogens is 1. The number of hydrogen-bond acceptors (Lipinski definition) is 3. The van der Waals surface area contributed by atoms with Crippen molar-refractivity contribution < 1.29 is 18.7 Å². The third-order valence-electron chi connectivity index (χ3n) is 6.55. The third-order valence-corrected chi connectivity index (χ3v) is 6.55. The minimum Gasteiger partial charge on any atom is -0.444 e. The number of benzene rings is 2. The standard InChI is InChI=1S/C27H33FN2O3/c1-27(2,3)33-26(32)29-22-14-10-20(11-15-22)25(31)30-17-16-18-6-4-5-7-23(18)24(30)19-8-12-21(28)13-9-19/h4-9,12-13,20,22,24H,10-11,14-17H2,1-3H3,(H,29,32)/t20?,22?,24-/m0/s1. The van der Waals surface area contributed by atoms with E-state index in [2.05, 4.69) is 17.4 Å². The van der Waals surface area contributed by atoms with Crippen molar-refractivity contribution in [2.75, 3.05) is 6.54 Å². The summed E-state index contributed by atoms with van der Waals surface area (Å²) in [7, 11) is 0. The molecule has 6 heteroatoms. The molecule has 2 aliphatic rings. The van der Waals surface area contributed by atoms with E-state index in [0.717, 1.165) is 43.2 Å². The van der Waals surface area contributed by atoms with Crippen LogP contribution in [-0.2, 0) is 16.0 Å². The topological polar surface area (TPSA) is 58.6 Å². The molecule has 1 heterocycles. The predicted octanol–water partition coefficient (Wildman–Crippen LogP) is 5.38. The van der Waals surface area contributed by atoms with Crippen molar-refractivity contribution in [3.05, 3.63) is 71.0 Å². The van der Waals surface area contributed by atoms with Gasteiger partial charge in [-0.3, -0.25) is 4.79 Å². The lowest BCUT2D eigenvalue weighted by atomic mass is 9.82. The van der Waals surface area contributed by atoms with Gasteiger partial charge in [0, 0.05) is 18.5 Å². The molecule has 1 fully saturated rings. The zero-order valence-electron chi connectivity index (χ0n) is 19.6. The first kappa shape index (κ1) is 23.3. The molecule has 1 atom stereocenters. The van der Waals surface area contributed by atoms with E-state index in [1.165, 1.54) is 17.7 Å². The fraction of sp³-hybridized carbons (Fsp3) is 0.481. The number of nitrogens with zero attached hydrogens (tertiary/aromatic N) is 1. The molecule has 0 aromatic heterocycles. The van der Waals surface area contributed by atoms with Crippen molar-refractivity contribution in [3.8, 4) is 0 Å². The van der Waals surface area contributed by atoms with Gasteiger partial charge < -0.3 is 15.0 Å². The lowest BCUT2D eigenvalue weighted by molar-refractivity contribution is -0.138. The summed E-state index contributed by atoms with van der Waals surface area (Å²) in [5, 5.41) is 2.95. The summed E-state index contributed by atoms with van der Waals surface area (Å²) in [4.78, 5) is 27.7. The Labute approximate surface area is 195 Å². The van der Waals surface area contributed by atoms with E-state index in [0.29, 0.717) is 6.54 Å². The molecule has 1 aliphatic carbocycles.